The van der Waals surface area contributed by atoms with E-state index in [0.717, 1.165) is 5.69 Å². The Hall–Kier alpha value is -2.34. The average molecular weight is 374 g/mol. The first kappa shape index (κ1) is 18.5. The van der Waals surface area contributed by atoms with Crippen molar-refractivity contribution in [2.75, 3.05) is 29.9 Å². The van der Waals surface area contributed by atoms with Crippen LogP contribution < -0.4 is 10.2 Å². The third kappa shape index (κ3) is 4.07. The minimum atomic E-state index is -0.0836. The van der Waals surface area contributed by atoms with E-state index in [9.17, 15) is 4.79 Å². The summed E-state index contributed by atoms with van der Waals surface area (Å²) in [5, 5.41) is 3.38. The molecule has 1 fully saturated rings. The number of hydrogen-bond acceptors (Lipinski definition) is 4. The molecule has 1 saturated heterocycles. The van der Waals surface area contributed by atoms with E-state index in [0.29, 0.717) is 36.5 Å². The van der Waals surface area contributed by atoms with E-state index < -0.39 is 0 Å². The molecule has 7 heteroatoms. The standard InChI is InChI=1S/C19H24ClN5O/c1-13(2)15-4-6-16(7-5-15)23-19(26)25-11-10-24(12-14(25)3)18-17(20)21-8-9-22-18/h4-9,13-14H,10-12H2,1-3H3,(H,23,26). The van der Waals surface area contributed by atoms with Crippen LogP contribution in [0.4, 0.5) is 16.3 Å². The first-order valence-electron chi connectivity index (χ1n) is 8.84. The van der Waals surface area contributed by atoms with Crippen molar-refractivity contribution >= 4 is 29.1 Å². The van der Waals surface area contributed by atoms with Crippen molar-refractivity contribution < 1.29 is 4.79 Å². The van der Waals surface area contributed by atoms with Crippen LogP contribution in [0.25, 0.3) is 0 Å². The molecule has 1 unspecified atom stereocenters. The zero-order chi connectivity index (χ0) is 18.7. The van der Waals surface area contributed by atoms with E-state index in [4.69, 9.17) is 11.6 Å². The molecule has 3 rings (SSSR count). The second-order valence-corrected chi connectivity index (χ2v) is 7.22. The Morgan fingerprint density at radius 1 is 1.19 bits per heavy atom. The molecule has 0 radical (unpaired) electrons. The van der Waals surface area contributed by atoms with Crippen LogP contribution in [0.1, 0.15) is 32.3 Å². The van der Waals surface area contributed by atoms with Crippen LogP contribution in [-0.4, -0.2) is 46.6 Å². The lowest BCUT2D eigenvalue weighted by atomic mass is 10.0. The molecule has 26 heavy (non-hydrogen) atoms. The molecule has 0 bridgehead atoms. The number of piperazine rings is 1. The van der Waals surface area contributed by atoms with Crippen molar-refractivity contribution in [2.45, 2.75) is 32.7 Å². The van der Waals surface area contributed by atoms with Crippen molar-refractivity contribution in [3.8, 4) is 0 Å². The monoisotopic (exact) mass is 373 g/mol. The summed E-state index contributed by atoms with van der Waals surface area (Å²) in [6.07, 6.45) is 3.20. The quantitative estimate of drug-likeness (QED) is 0.883. The largest absolute Gasteiger partial charge is 0.350 e. The molecule has 6 nitrogen and oxygen atoms in total. The molecule has 2 heterocycles. The second-order valence-electron chi connectivity index (χ2n) is 6.87. The number of rotatable bonds is 3. The topological polar surface area (TPSA) is 61.4 Å². The van der Waals surface area contributed by atoms with E-state index in [-0.39, 0.29) is 12.1 Å². The molecule has 138 valence electrons. The summed E-state index contributed by atoms with van der Waals surface area (Å²) in [5.74, 6) is 1.14. The number of carbonyl (C=O) groups excluding carboxylic acids is 1. The van der Waals surface area contributed by atoms with Gasteiger partial charge in [-0.05, 0) is 30.5 Å². The van der Waals surface area contributed by atoms with Crippen LogP contribution in [0.2, 0.25) is 5.15 Å². The van der Waals surface area contributed by atoms with Crippen molar-refractivity contribution in [3.63, 3.8) is 0 Å². The fourth-order valence-corrected chi connectivity index (χ4v) is 3.35. The lowest BCUT2D eigenvalue weighted by Gasteiger charge is -2.40. The van der Waals surface area contributed by atoms with Gasteiger partial charge in [-0.1, -0.05) is 37.6 Å². The predicted octanol–water partition coefficient (Wildman–Crippen LogP) is 4.00. The normalized spacial score (nSPS) is 17.5. The number of nitrogens with zero attached hydrogens (tertiary/aromatic N) is 4. The molecule has 2 amide bonds. The summed E-state index contributed by atoms with van der Waals surface area (Å²) in [5.41, 5.74) is 2.07. The van der Waals surface area contributed by atoms with Gasteiger partial charge in [0.05, 0.1) is 0 Å². The molecular weight excluding hydrogens is 350 g/mol. The summed E-state index contributed by atoms with van der Waals surface area (Å²) in [4.78, 5) is 25.0. The molecule has 1 aromatic heterocycles. The molecule has 1 aromatic carbocycles. The predicted molar refractivity (Wildman–Crippen MR) is 105 cm³/mol. The number of urea groups is 1. The van der Waals surface area contributed by atoms with Gasteiger partial charge in [0.2, 0.25) is 0 Å². The number of amides is 2. The lowest BCUT2D eigenvalue weighted by Crippen LogP contribution is -2.55. The fourth-order valence-electron chi connectivity index (χ4n) is 3.12. The average Bonchev–Trinajstić information content (AvgIpc) is 2.62. The molecular formula is C19H24ClN5O. The summed E-state index contributed by atoms with van der Waals surface area (Å²) < 4.78 is 0. The Bertz CT molecular complexity index is 765. The maximum Gasteiger partial charge on any atom is 0.322 e. The number of aromatic nitrogens is 2. The van der Waals surface area contributed by atoms with E-state index in [1.165, 1.54) is 5.56 Å². The highest BCUT2D eigenvalue weighted by atomic mass is 35.5. The van der Waals surface area contributed by atoms with Crippen LogP contribution in [0.3, 0.4) is 0 Å². The van der Waals surface area contributed by atoms with E-state index in [1.807, 2.05) is 24.0 Å². The minimum Gasteiger partial charge on any atom is -0.350 e. The highest BCUT2D eigenvalue weighted by Crippen LogP contribution is 2.23. The number of anilines is 2. The van der Waals surface area contributed by atoms with Gasteiger partial charge in [0.1, 0.15) is 0 Å². The van der Waals surface area contributed by atoms with Crippen molar-refractivity contribution in [2.24, 2.45) is 0 Å². The first-order valence-corrected chi connectivity index (χ1v) is 9.22. The van der Waals surface area contributed by atoms with Crippen molar-refractivity contribution in [1.82, 2.24) is 14.9 Å². The highest BCUT2D eigenvalue weighted by Gasteiger charge is 2.29. The Labute approximate surface area is 159 Å². The van der Waals surface area contributed by atoms with Crippen LogP contribution in [0.5, 0.6) is 0 Å². The van der Waals surface area contributed by atoms with Crippen LogP contribution >= 0.6 is 11.6 Å². The Morgan fingerprint density at radius 2 is 1.88 bits per heavy atom. The van der Waals surface area contributed by atoms with Crippen LogP contribution in [-0.2, 0) is 0 Å². The molecule has 1 N–H and O–H groups in total. The fraction of sp³-hybridized carbons (Fsp3) is 0.421. The molecule has 1 aliphatic rings. The molecule has 0 aliphatic carbocycles. The Kier molecular flexibility index (Phi) is 5.61. The zero-order valence-electron chi connectivity index (χ0n) is 15.3. The van der Waals surface area contributed by atoms with E-state index >= 15 is 0 Å². The number of benzene rings is 1. The molecule has 0 saturated carbocycles. The lowest BCUT2D eigenvalue weighted by molar-refractivity contribution is 0.184. The SMILES string of the molecule is CC(C)c1ccc(NC(=O)N2CCN(c3nccnc3Cl)CC2C)cc1. The second kappa shape index (κ2) is 7.91. The Morgan fingerprint density at radius 3 is 2.50 bits per heavy atom. The van der Waals surface area contributed by atoms with E-state index in [1.54, 1.807) is 12.4 Å². The summed E-state index contributed by atoms with van der Waals surface area (Å²) >= 11 is 6.14. The molecule has 1 aliphatic heterocycles. The maximum atomic E-state index is 12.6. The number of halogens is 1. The van der Waals surface area contributed by atoms with Gasteiger partial charge < -0.3 is 15.1 Å². The van der Waals surface area contributed by atoms with Gasteiger partial charge in [-0.3, -0.25) is 0 Å². The smallest absolute Gasteiger partial charge is 0.322 e. The van der Waals surface area contributed by atoms with Crippen molar-refractivity contribution in [3.05, 3.63) is 47.4 Å². The van der Waals surface area contributed by atoms with Gasteiger partial charge in [-0.2, -0.15) is 0 Å². The van der Waals surface area contributed by atoms with Gasteiger partial charge in [0, 0.05) is 43.8 Å². The van der Waals surface area contributed by atoms with Crippen LogP contribution in [0.15, 0.2) is 36.7 Å². The number of carbonyl (C=O) groups is 1. The van der Waals surface area contributed by atoms with Gasteiger partial charge in [-0.15, -0.1) is 0 Å². The molecule has 1 atom stereocenters. The molecule has 2 aromatic rings. The minimum absolute atomic E-state index is 0.0387. The summed E-state index contributed by atoms with van der Waals surface area (Å²) in [6.45, 7) is 8.26. The number of nitrogens with one attached hydrogen (secondary N) is 1. The first-order chi connectivity index (χ1) is 12.5. The maximum absolute atomic E-state index is 12.6. The number of hydrogen-bond donors (Lipinski definition) is 1. The summed E-state index contributed by atoms with van der Waals surface area (Å²) in [6, 6.07) is 7.97. The van der Waals surface area contributed by atoms with Gasteiger partial charge in [-0.25, -0.2) is 14.8 Å². The van der Waals surface area contributed by atoms with Crippen LogP contribution in [0, 0.1) is 0 Å². The Balaban J connectivity index is 1.62. The van der Waals surface area contributed by atoms with Gasteiger partial charge in [0.15, 0.2) is 11.0 Å². The third-order valence-corrected chi connectivity index (χ3v) is 4.92. The molecule has 0 spiro atoms. The van der Waals surface area contributed by atoms with Gasteiger partial charge >= 0.3 is 6.03 Å². The van der Waals surface area contributed by atoms with E-state index in [2.05, 4.69) is 46.2 Å². The third-order valence-electron chi connectivity index (χ3n) is 4.65. The van der Waals surface area contributed by atoms with Crippen molar-refractivity contribution in [1.29, 1.82) is 0 Å². The summed E-state index contributed by atoms with van der Waals surface area (Å²) in [7, 11) is 0. The zero-order valence-corrected chi connectivity index (χ0v) is 16.1. The van der Waals surface area contributed by atoms with Gasteiger partial charge in [0.25, 0.3) is 0 Å². The highest BCUT2D eigenvalue weighted by molar-refractivity contribution is 6.31.